The molecule has 0 radical (unpaired) electrons. The number of hydrogen-bond donors (Lipinski definition) is 2. The Morgan fingerprint density at radius 2 is 1.93 bits per heavy atom. The molecular formula is C21H27N3O3. The van der Waals surface area contributed by atoms with Crippen LogP contribution in [0.3, 0.4) is 0 Å². The molecule has 2 fully saturated rings. The van der Waals surface area contributed by atoms with E-state index in [9.17, 15) is 14.4 Å². The summed E-state index contributed by atoms with van der Waals surface area (Å²) in [6.45, 7) is 6.02. The molecule has 3 unspecified atom stereocenters. The van der Waals surface area contributed by atoms with E-state index < -0.39 is 6.04 Å². The van der Waals surface area contributed by atoms with Gasteiger partial charge in [0.05, 0.1) is 0 Å². The molecule has 1 aromatic rings. The third-order valence-corrected chi connectivity index (χ3v) is 6.35. The van der Waals surface area contributed by atoms with Gasteiger partial charge in [-0.15, -0.1) is 0 Å². The Labute approximate surface area is 159 Å². The zero-order valence-electron chi connectivity index (χ0n) is 16.0. The highest BCUT2D eigenvalue weighted by Gasteiger charge is 2.39. The van der Waals surface area contributed by atoms with Gasteiger partial charge in [0.1, 0.15) is 6.04 Å². The molecule has 0 saturated carbocycles. The summed E-state index contributed by atoms with van der Waals surface area (Å²) in [7, 11) is 0. The molecule has 0 aromatic heterocycles. The summed E-state index contributed by atoms with van der Waals surface area (Å²) < 4.78 is 0. The minimum atomic E-state index is -0.550. The van der Waals surface area contributed by atoms with E-state index in [2.05, 4.69) is 30.5 Å². The smallest absolute Gasteiger partial charge is 0.255 e. The second kappa shape index (κ2) is 7.08. The summed E-state index contributed by atoms with van der Waals surface area (Å²) in [5.74, 6) is 0.688. The van der Waals surface area contributed by atoms with Crippen LogP contribution in [0.1, 0.15) is 67.1 Å². The first-order valence-corrected chi connectivity index (χ1v) is 9.95. The maximum Gasteiger partial charge on any atom is 0.255 e. The third-order valence-electron chi connectivity index (χ3n) is 6.35. The lowest BCUT2D eigenvalue weighted by atomic mass is 9.84. The minimum absolute atomic E-state index is 0.109. The van der Waals surface area contributed by atoms with E-state index in [4.69, 9.17) is 0 Å². The molecule has 144 valence electrons. The van der Waals surface area contributed by atoms with Gasteiger partial charge < -0.3 is 10.2 Å². The summed E-state index contributed by atoms with van der Waals surface area (Å²) in [5, 5.41) is 6.00. The second-order valence-corrected chi connectivity index (χ2v) is 8.36. The van der Waals surface area contributed by atoms with Crippen molar-refractivity contribution in [2.24, 2.45) is 11.8 Å². The van der Waals surface area contributed by atoms with Crippen LogP contribution in [0.5, 0.6) is 0 Å². The zero-order chi connectivity index (χ0) is 19.1. The minimum Gasteiger partial charge on any atom is -0.322 e. The number of carbonyl (C=O) groups excluding carboxylic acids is 3. The molecule has 3 amide bonds. The lowest BCUT2D eigenvalue weighted by molar-refractivity contribution is -0.136. The number of nitrogens with one attached hydrogen (secondary N) is 2. The van der Waals surface area contributed by atoms with Crippen molar-refractivity contribution < 1.29 is 14.4 Å². The van der Waals surface area contributed by atoms with Gasteiger partial charge in [0.2, 0.25) is 11.8 Å². The van der Waals surface area contributed by atoms with Crippen molar-refractivity contribution in [2.75, 3.05) is 6.54 Å². The van der Waals surface area contributed by atoms with Crippen LogP contribution in [-0.4, -0.2) is 35.2 Å². The molecule has 0 bridgehead atoms. The molecule has 0 aliphatic carbocycles. The summed E-state index contributed by atoms with van der Waals surface area (Å²) in [5.41, 5.74) is 2.88. The fraction of sp³-hybridized carbons (Fsp3) is 0.571. The van der Waals surface area contributed by atoms with E-state index in [0.29, 0.717) is 30.5 Å². The number of imide groups is 1. The maximum atomic E-state index is 12.8. The van der Waals surface area contributed by atoms with Gasteiger partial charge in [-0.2, -0.15) is 0 Å². The zero-order valence-corrected chi connectivity index (χ0v) is 16.0. The van der Waals surface area contributed by atoms with Gasteiger partial charge in [0.25, 0.3) is 5.91 Å². The summed E-state index contributed by atoms with van der Waals surface area (Å²) in [4.78, 5) is 37.9. The fourth-order valence-corrected chi connectivity index (χ4v) is 4.54. The summed E-state index contributed by atoms with van der Waals surface area (Å²) >= 11 is 0. The Morgan fingerprint density at radius 1 is 1.11 bits per heavy atom. The molecule has 3 atom stereocenters. The average Bonchev–Trinajstić information content (AvgIpc) is 2.98. The first kappa shape index (κ1) is 18.2. The molecular weight excluding hydrogens is 342 g/mol. The van der Waals surface area contributed by atoms with Crippen LogP contribution in [-0.2, 0) is 16.1 Å². The maximum absolute atomic E-state index is 12.8. The summed E-state index contributed by atoms with van der Waals surface area (Å²) in [6.07, 6.45) is 3.00. The van der Waals surface area contributed by atoms with E-state index >= 15 is 0 Å². The fourth-order valence-electron chi connectivity index (χ4n) is 4.54. The standard InChI is InChI=1S/C21H27N3O3/c1-12(2)14-4-6-17(22-10-14)13-3-5-16-15(9-13)11-24(21(16)27)18-7-8-19(25)23-20(18)26/h3,5,9,12,14,17-18,22H,4,6-8,10-11H2,1-2H3,(H,23,25,26). The van der Waals surface area contributed by atoms with Gasteiger partial charge in [-0.1, -0.05) is 26.0 Å². The molecule has 6 nitrogen and oxygen atoms in total. The Kier molecular flexibility index (Phi) is 4.76. The number of amides is 3. The number of hydrogen-bond acceptors (Lipinski definition) is 4. The van der Waals surface area contributed by atoms with Crippen molar-refractivity contribution in [1.82, 2.24) is 15.5 Å². The molecule has 1 aromatic carbocycles. The molecule has 3 aliphatic heterocycles. The highest BCUT2D eigenvalue weighted by molar-refractivity contribution is 6.05. The number of piperidine rings is 2. The highest BCUT2D eigenvalue weighted by atomic mass is 16.2. The Hall–Kier alpha value is -2.21. The number of rotatable bonds is 3. The van der Waals surface area contributed by atoms with Crippen molar-refractivity contribution in [3.8, 4) is 0 Å². The van der Waals surface area contributed by atoms with Crippen LogP contribution in [0.25, 0.3) is 0 Å². The average molecular weight is 369 g/mol. The van der Waals surface area contributed by atoms with Gasteiger partial charge in [0, 0.05) is 24.6 Å². The molecule has 6 heteroatoms. The number of nitrogens with zero attached hydrogens (tertiary/aromatic N) is 1. The van der Waals surface area contributed by atoms with E-state index in [-0.39, 0.29) is 24.1 Å². The largest absolute Gasteiger partial charge is 0.322 e. The highest BCUT2D eigenvalue weighted by Crippen LogP contribution is 2.33. The van der Waals surface area contributed by atoms with Crippen LogP contribution in [0.15, 0.2) is 18.2 Å². The molecule has 0 spiro atoms. The first-order valence-electron chi connectivity index (χ1n) is 9.95. The topological polar surface area (TPSA) is 78.5 Å². The molecule has 4 rings (SSSR count). The van der Waals surface area contributed by atoms with Crippen LogP contribution in [0.2, 0.25) is 0 Å². The van der Waals surface area contributed by atoms with Crippen LogP contribution >= 0.6 is 0 Å². The molecule has 3 heterocycles. The van der Waals surface area contributed by atoms with E-state index in [1.165, 1.54) is 12.0 Å². The van der Waals surface area contributed by atoms with E-state index in [1.807, 2.05) is 12.1 Å². The number of benzene rings is 1. The van der Waals surface area contributed by atoms with Gasteiger partial charge >= 0.3 is 0 Å². The molecule has 2 saturated heterocycles. The Morgan fingerprint density at radius 3 is 2.59 bits per heavy atom. The Balaban J connectivity index is 1.48. The van der Waals surface area contributed by atoms with Gasteiger partial charge in [-0.25, -0.2) is 0 Å². The van der Waals surface area contributed by atoms with Crippen LogP contribution in [0, 0.1) is 11.8 Å². The molecule has 27 heavy (non-hydrogen) atoms. The lowest BCUT2D eigenvalue weighted by Crippen LogP contribution is -2.52. The van der Waals surface area contributed by atoms with Gasteiger partial charge in [-0.05, 0) is 54.8 Å². The van der Waals surface area contributed by atoms with Gasteiger partial charge in [-0.3, -0.25) is 19.7 Å². The molecule has 3 aliphatic rings. The predicted octanol–water partition coefficient (Wildman–Crippen LogP) is 2.14. The summed E-state index contributed by atoms with van der Waals surface area (Å²) in [6, 6.07) is 5.83. The second-order valence-electron chi connectivity index (χ2n) is 8.36. The normalized spacial score (nSPS) is 28.5. The van der Waals surface area contributed by atoms with Crippen molar-refractivity contribution in [3.63, 3.8) is 0 Å². The number of carbonyl (C=O) groups is 3. The third kappa shape index (κ3) is 3.38. The molecule has 2 N–H and O–H groups in total. The van der Waals surface area contributed by atoms with Crippen molar-refractivity contribution >= 4 is 17.7 Å². The Bertz CT molecular complexity index is 781. The van der Waals surface area contributed by atoms with Crippen LogP contribution < -0.4 is 10.6 Å². The van der Waals surface area contributed by atoms with E-state index in [0.717, 1.165) is 24.4 Å². The lowest BCUT2D eigenvalue weighted by Gasteiger charge is -2.32. The first-order chi connectivity index (χ1) is 12.9. The van der Waals surface area contributed by atoms with E-state index in [1.54, 1.807) is 4.90 Å². The van der Waals surface area contributed by atoms with Gasteiger partial charge in [0.15, 0.2) is 0 Å². The van der Waals surface area contributed by atoms with Crippen molar-refractivity contribution in [3.05, 3.63) is 34.9 Å². The van der Waals surface area contributed by atoms with Crippen molar-refractivity contribution in [2.45, 2.75) is 58.2 Å². The van der Waals surface area contributed by atoms with Crippen LogP contribution in [0.4, 0.5) is 0 Å². The monoisotopic (exact) mass is 369 g/mol. The number of fused-ring (bicyclic) bond motifs is 1. The SMILES string of the molecule is CC(C)C1CCC(c2ccc3c(c2)CN(C2CCC(=O)NC2=O)C3=O)NC1. The van der Waals surface area contributed by atoms with Crippen molar-refractivity contribution in [1.29, 1.82) is 0 Å². The quantitative estimate of drug-likeness (QED) is 0.800. The predicted molar refractivity (Wildman–Crippen MR) is 101 cm³/mol.